The normalized spacial score (nSPS) is 10.8. The molecule has 0 aliphatic heterocycles. The molecule has 124 valence electrons. The smallest absolute Gasteiger partial charge is 0.189 e. The molecule has 0 bridgehead atoms. The second-order valence-electron chi connectivity index (χ2n) is 5.52. The van der Waals surface area contributed by atoms with Crippen molar-refractivity contribution in [3.63, 3.8) is 0 Å². The zero-order valence-corrected chi connectivity index (χ0v) is 14.3. The molecule has 3 heteroatoms. The predicted molar refractivity (Wildman–Crippen MR) is 102 cm³/mol. The molecule has 0 N–H and O–H groups in total. The average Bonchev–Trinajstić information content (AvgIpc) is 2.66. The average molecular weight is 349 g/mol. The summed E-state index contributed by atoms with van der Waals surface area (Å²) in [5.41, 5.74) is 2.45. The van der Waals surface area contributed by atoms with Crippen LogP contribution in [0.15, 0.2) is 84.9 Å². The molecule has 0 radical (unpaired) electrons. The van der Waals surface area contributed by atoms with Gasteiger partial charge in [-0.2, -0.15) is 0 Å². The quantitative estimate of drug-likeness (QED) is 0.414. The Morgan fingerprint density at radius 1 is 0.920 bits per heavy atom. The van der Waals surface area contributed by atoms with Gasteiger partial charge in [0.2, 0.25) is 0 Å². The maximum atomic E-state index is 12.6. The fraction of sp³-hybridized carbons (Fsp3) is 0.0455. The van der Waals surface area contributed by atoms with Crippen LogP contribution >= 0.6 is 11.6 Å². The second-order valence-corrected chi connectivity index (χ2v) is 5.96. The number of hydrogen-bond donors (Lipinski definition) is 0. The van der Waals surface area contributed by atoms with E-state index < -0.39 is 0 Å². The Balaban J connectivity index is 1.78. The van der Waals surface area contributed by atoms with Crippen LogP contribution in [0.25, 0.3) is 6.08 Å². The van der Waals surface area contributed by atoms with E-state index in [-0.39, 0.29) is 5.78 Å². The lowest BCUT2D eigenvalue weighted by Crippen LogP contribution is -2.02. The van der Waals surface area contributed by atoms with Crippen LogP contribution in [0.5, 0.6) is 5.75 Å². The minimum absolute atomic E-state index is 0.144. The van der Waals surface area contributed by atoms with E-state index in [1.165, 1.54) is 6.08 Å². The highest BCUT2D eigenvalue weighted by atomic mass is 35.5. The van der Waals surface area contributed by atoms with Gasteiger partial charge in [-0.1, -0.05) is 78.3 Å². The molecule has 3 aromatic carbocycles. The lowest BCUT2D eigenvalue weighted by molar-refractivity contribution is 0.104. The van der Waals surface area contributed by atoms with Crippen LogP contribution in [-0.4, -0.2) is 5.78 Å². The minimum Gasteiger partial charge on any atom is -0.488 e. The van der Waals surface area contributed by atoms with Crippen LogP contribution in [0, 0.1) is 0 Å². The molecule has 0 atom stereocenters. The first-order valence-electron chi connectivity index (χ1n) is 7.96. The molecule has 0 saturated heterocycles. The number of ketones is 1. The topological polar surface area (TPSA) is 26.3 Å². The molecular formula is C22H17ClO2. The standard InChI is InChI=1S/C22H17ClO2/c23-19-12-14-22(25-16-18-9-5-2-6-10-18)20(15-19)21(24)13-11-17-7-3-1-4-8-17/h1-15H,16H2/b13-11-. The number of benzene rings is 3. The van der Waals surface area contributed by atoms with Gasteiger partial charge >= 0.3 is 0 Å². The SMILES string of the molecule is O=C(/C=C\c1ccccc1)c1cc(Cl)ccc1OCc1ccccc1. The Morgan fingerprint density at radius 2 is 1.60 bits per heavy atom. The molecule has 0 aromatic heterocycles. The molecule has 0 unspecified atom stereocenters. The lowest BCUT2D eigenvalue weighted by Gasteiger charge is -2.10. The maximum Gasteiger partial charge on any atom is 0.189 e. The number of allylic oxidation sites excluding steroid dienone is 1. The maximum absolute atomic E-state index is 12.6. The number of hydrogen-bond acceptors (Lipinski definition) is 2. The summed E-state index contributed by atoms with van der Waals surface area (Å²) in [6.07, 6.45) is 3.32. The summed E-state index contributed by atoms with van der Waals surface area (Å²) >= 11 is 6.06. The van der Waals surface area contributed by atoms with E-state index in [4.69, 9.17) is 16.3 Å². The van der Waals surface area contributed by atoms with Crippen molar-refractivity contribution in [1.82, 2.24) is 0 Å². The van der Waals surface area contributed by atoms with Gasteiger partial charge in [-0.3, -0.25) is 4.79 Å². The van der Waals surface area contributed by atoms with Crippen molar-refractivity contribution < 1.29 is 9.53 Å². The third-order valence-electron chi connectivity index (χ3n) is 3.67. The first-order valence-corrected chi connectivity index (χ1v) is 8.34. The van der Waals surface area contributed by atoms with E-state index in [2.05, 4.69) is 0 Å². The fourth-order valence-corrected chi connectivity index (χ4v) is 2.55. The number of halogens is 1. The molecule has 0 fully saturated rings. The van der Waals surface area contributed by atoms with Crippen molar-refractivity contribution in [2.24, 2.45) is 0 Å². The molecule has 0 aliphatic rings. The monoisotopic (exact) mass is 348 g/mol. The van der Waals surface area contributed by atoms with Crippen molar-refractivity contribution in [3.05, 3.63) is 107 Å². The summed E-state index contributed by atoms with van der Waals surface area (Å²) in [6.45, 7) is 0.394. The van der Waals surface area contributed by atoms with Gasteiger partial charge in [-0.15, -0.1) is 0 Å². The minimum atomic E-state index is -0.144. The third kappa shape index (κ3) is 4.82. The first kappa shape index (κ1) is 17.0. The summed E-state index contributed by atoms with van der Waals surface area (Å²) < 4.78 is 5.84. The summed E-state index contributed by atoms with van der Waals surface area (Å²) in [5, 5.41) is 0.503. The second kappa shape index (κ2) is 8.32. The van der Waals surface area contributed by atoms with E-state index in [1.807, 2.05) is 60.7 Å². The van der Waals surface area contributed by atoms with E-state index in [0.717, 1.165) is 11.1 Å². The Labute approximate surface area is 152 Å². The number of carbonyl (C=O) groups excluding carboxylic acids is 1. The lowest BCUT2D eigenvalue weighted by atomic mass is 10.1. The highest BCUT2D eigenvalue weighted by Crippen LogP contribution is 2.25. The number of carbonyl (C=O) groups is 1. The highest BCUT2D eigenvalue weighted by molar-refractivity contribution is 6.31. The Kier molecular flexibility index (Phi) is 5.65. The predicted octanol–water partition coefficient (Wildman–Crippen LogP) is 5.82. The molecule has 0 heterocycles. The van der Waals surface area contributed by atoms with Gasteiger partial charge in [0.05, 0.1) is 5.56 Å². The van der Waals surface area contributed by atoms with Crippen LogP contribution in [-0.2, 0) is 6.61 Å². The van der Waals surface area contributed by atoms with Gasteiger partial charge in [-0.25, -0.2) is 0 Å². The molecule has 0 saturated carbocycles. The molecule has 25 heavy (non-hydrogen) atoms. The van der Waals surface area contributed by atoms with E-state index in [9.17, 15) is 4.79 Å². The van der Waals surface area contributed by atoms with Crippen molar-refractivity contribution >= 4 is 23.5 Å². The number of rotatable bonds is 6. The van der Waals surface area contributed by atoms with E-state index >= 15 is 0 Å². The molecule has 0 spiro atoms. The van der Waals surface area contributed by atoms with Crippen LogP contribution in [0.1, 0.15) is 21.5 Å². The molecule has 0 aliphatic carbocycles. The van der Waals surface area contributed by atoms with Crippen LogP contribution in [0.2, 0.25) is 5.02 Å². The fourth-order valence-electron chi connectivity index (χ4n) is 2.38. The largest absolute Gasteiger partial charge is 0.488 e. The Hall–Kier alpha value is -2.84. The molecule has 2 nitrogen and oxygen atoms in total. The Morgan fingerprint density at radius 3 is 2.32 bits per heavy atom. The summed E-state index contributed by atoms with van der Waals surface area (Å²) in [6, 6.07) is 24.6. The molecule has 0 amide bonds. The highest BCUT2D eigenvalue weighted by Gasteiger charge is 2.11. The van der Waals surface area contributed by atoms with Gasteiger partial charge in [-0.05, 0) is 35.4 Å². The number of ether oxygens (including phenoxy) is 1. The van der Waals surface area contributed by atoms with Crippen molar-refractivity contribution in [1.29, 1.82) is 0 Å². The van der Waals surface area contributed by atoms with Crippen molar-refractivity contribution in [2.45, 2.75) is 6.61 Å². The van der Waals surface area contributed by atoms with E-state index in [1.54, 1.807) is 24.3 Å². The summed E-state index contributed by atoms with van der Waals surface area (Å²) in [4.78, 5) is 12.6. The van der Waals surface area contributed by atoms with Gasteiger partial charge in [0.15, 0.2) is 5.78 Å². The van der Waals surface area contributed by atoms with Gasteiger partial charge in [0.25, 0.3) is 0 Å². The summed E-state index contributed by atoms with van der Waals surface area (Å²) in [7, 11) is 0. The first-order chi connectivity index (χ1) is 12.2. The van der Waals surface area contributed by atoms with Crippen LogP contribution in [0.4, 0.5) is 0 Å². The molecule has 3 aromatic rings. The Bertz CT molecular complexity index is 871. The van der Waals surface area contributed by atoms with Gasteiger partial charge in [0, 0.05) is 5.02 Å². The van der Waals surface area contributed by atoms with Crippen molar-refractivity contribution in [3.8, 4) is 5.75 Å². The van der Waals surface area contributed by atoms with Gasteiger partial charge in [0.1, 0.15) is 12.4 Å². The molecule has 3 rings (SSSR count). The van der Waals surface area contributed by atoms with Crippen LogP contribution < -0.4 is 4.74 Å². The summed E-state index contributed by atoms with van der Waals surface area (Å²) in [5.74, 6) is 0.380. The van der Waals surface area contributed by atoms with Crippen molar-refractivity contribution in [2.75, 3.05) is 0 Å². The molecular weight excluding hydrogens is 332 g/mol. The van der Waals surface area contributed by atoms with Gasteiger partial charge < -0.3 is 4.74 Å². The zero-order valence-electron chi connectivity index (χ0n) is 13.6. The van der Waals surface area contributed by atoms with Crippen LogP contribution in [0.3, 0.4) is 0 Å². The third-order valence-corrected chi connectivity index (χ3v) is 3.91. The zero-order chi connectivity index (χ0) is 17.5. The van der Waals surface area contributed by atoms with E-state index in [0.29, 0.717) is 22.9 Å².